The van der Waals surface area contributed by atoms with Crippen LogP contribution in [0.5, 0.6) is 5.75 Å². The van der Waals surface area contributed by atoms with E-state index in [4.69, 9.17) is 4.74 Å². The SMILES string of the molecule is CC(C)Oc1ccc(S(=O)(=O)N2C[C@H](n3nc(CC(=O)O)c4ccc(F)cc43)C[C@H]2C#N)cc1. The van der Waals surface area contributed by atoms with Crippen LogP contribution in [-0.4, -0.2) is 52.3 Å². The van der Waals surface area contributed by atoms with Gasteiger partial charge in [-0.2, -0.15) is 14.7 Å². The number of hydrogen-bond acceptors (Lipinski definition) is 6. The number of sulfonamides is 1. The first-order valence-corrected chi connectivity index (χ1v) is 12.1. The Labute approximate surface area is 196 Å². The number of carboxylic acids is 1. The molecule has 0 unspecified atom stereocenters. The smallest absolute Gasteiger partial charge is 0.309 e. The maximum Gasteiger partial charge on any atom is 0.309 e. The van der Waals surface area contributed by atoms with Crippen molar-refractivity contribution in [3.05, 3.63) is 54.0 Å². The van der Waals surface area contributed by atoms with Crippen LogP contribution < -0.4 is 4.74 Å². The van der Waals surface area contributed by atoms with E-state index in [-0.39, 0.29) is 36.1 Å². The summed E-state index contributed by atoms with van der Waals surface area (Å²) < 4.78 is 48.8. The first-order chi connectivity index (χ1) is 16.1. The molecule has 178 valence electrons. The van der Waals surface area contributed by atoms with Gasteiger partial charge in [0.2, 0.25) is 10.0 Å². The average molecular weight is 487 g/mol. The van der Waals surface area contributed by atoms with Crippen LogP contribution >= 0.6 is 0 Å². The largest absolute Gasteiger partial charge is 0.491 e. The molecule has 0 aliphatic carbocycles. The Morgan fingerprint density at radius 1 is 1.29 bits per heavy atom. The van der Waals surface area contributed by atoms with E-state index < -0.39 is 33.9 Å². The van der Waals surface area contributed by atoms with Gasteiger partial charge in [-0.25, -0.2) is 12.8 Å². The topological polar surface area (TPSA) is 126 Å². The van der Waals surface area contributed by atoms with Gasteiger partial charge in [-0.1, -0.05) is 0 Å². The summed E-state index contributed by atoms with van der Waals surface area (Å²) in [5.74, 6) is -1.09. The zero-order valence-electron chi connectivity index (χ0n) is 18.6. The van der Waals surface area contributed by atoms with Crippen molar-refractivity contribution >= 4 is 26.9 Å². The molecule has 0 spiro atoms. The van der Waals surface area contributed by atoms with Crippen molar-refractivity contribution in [2.45, 2.75) is 49.8 Å². The van der Waals surface area contributed by atoms with Crippen LogP contribution in [-0.2, 0) is 21.2 Å². The standard InChI is InChI=1S/C23H23FN4O5S/c1-14(2)33-18-4-6-19(7-5-18)34(31,32)27-13-17(10-16(27)12-25)28-22-9-15(24)3-8-20(22)21(26-28)11-23(29)30/h3-9,14,16-17H,10-11,13H2,1-2H3,(H,29,30)/t16-,17+/m0/s1. The molecule has 0 saturated carbocycles. The Kier molecular flexibility index (Phi) is 6.29. The number of rotatable bonds is 7. The molecule has 1 aliphatic rings. The Morgan fingerprint density at radius 2 is 2.00 bits per heavy atom. The molecule has 2 atom stereocenters. The number of halogens is 1. The van der Waals surface area contributed by atoms with E-state index in [0.29, 0.717) is 16.7 Å². The molecule has 11 heteroatoms. The molecule has 1 aromatic heterocycles. The fourth-order valence-corrected chi connectivity index (χ4v) is 5.76. The summed E-state index contributed by atoms with van der Waals surface area (Å²) in [6.45, 7) is 3.66. The summed E-state index contributed by atoms with van der Waals surface area (Å²) in [4.78, 5) is 11.3. The van der Waals surface area contributed by atoms with Gasteiger partial charge in [0, 0.05) is 18.4 Å². The van der Waals surface area contributed by atoms with Gasteiger partial charge in [0.05, 0.1) is 40.7 Å². The first-order valence-electron chi connectivity index (χ1n) is 10.7. The Hall–Kier alpha value is -3.49. The van der Waals surface area contributed by atoms with E-state index in [1.165, 1.54) is 35.0 Å². The summed E-state index contributed by atoms with van der Waals surface area (Å²) in [7, 11) is -4.01. The molecular weight excluding hydrogens is 463 g/mol. The number of carbonyl (C=O) groups is 1. The molecule has 34 heavy (non-hydrogen) atoms. The third kappa shape index (κ3) is 4.47. The fourth-order valence-electron chi connectivity index (χ4n) is 4.17. The Morgan fingerprint density at radius 3 is 2.62 bits per heavy atom. The molecule has 9 nitrogen and oxygen atoms in total. The predicted octanol–water partition coefficient (Wildman–Crippen LogP) is 3.12. The summed E-state index contributed by atoms with van der Waals surface area (Å²) in [6.07, 6.45) is -0.301. The number of hydrogen-bond donors (Lipinski definition) is 1. The van der Waals surface area contributed by atoms with E-state index in [0.717, 1.165) is 4.31 Å². The molecule has 4 rings (SSSR count). The summed E-state index contributed by atoms with van der Waals surface area (Å²) >= 11 is 0. The summed E-state index contributed by atoms with van der Waals surface area (Å²) in [6, 6.07) is 10.4. The average Bonchev–Trinajstić information content (AvgIpc) is 3.35. The van der Waals surface area contributed by atoms with Gasteiger partial charge in [0.15, 0.2) is 0 Å². The van der Waals surface area contributed by atoms with Gasteiger partial charge in [0.25, 0.3) is 0 Å². The Bertz CT molecular complexity index is 1380. The van der Waals surface area contributed by atoms with E-state index in [1.54, 1.807) is 12.1 Å². The van der Waals surface area contributed by atoms with Crippen LogP contribution in [0, 0.1) is 17.1 Å². The maximum absolute atomic E-state index is 14.0. The number of benzene rings is 2. The molecule has 2 aromatic carbocycles. The highest BCUT2D eigenvalue weighted by Gasteiger charge is 2.42. The van der Waals surface area contributed by atoms with Gasteiger partial charge >= 0.3 is 5.97 Å². The highest BCUT2D eigenvalue weighted by atomic mass is 32.2. The van der Waals surface area contributed by atoms with Gasteiger partial charge in [-0.15, -0.1) is 0 Å². The molecule has 0 radical (unpaired) electrons. The first kappa shape index (κ1) is 23.7. The lowest BCUT2D eigenvalue weighted by molar-refractivity contribution is -0.136. The number of nitriles is 1. The molecule has 1 saturated heterocycles. The van der Waals surface area contributed by atoms with Gasteiger partial charge in [0.1, 0.15) is 17.6 Å². The number of carboxylic acid groups (broad SMARTS) is 1. The van der Waals surface area contributed by atoms with E-state index >= 15 is 0 Å². The van der Waals surface area contributed by atoms with Crippen molar-refractivity contribution in [1.82, 2.24) is 14.1 Å². The number of fused-ring (bicyclic) bond motifs is 1. The van der Waals surface area contributed by atoms with E-state index in [1.807, 2.05) is 19.9 Å². The predicted molar refractivity (Wildman–Crippen MR) is 120 cm³/mol. The highest BCUT2D eigenvalue weighted by molar-refractivity contribution is 7.89. The summed E-state index contributed by atoms with van der Waals surface area (Å²) in [5.41, 5.74) is 0.602. The van der Waals surface area contributed by atoms with Gasteiger partial charge < -0.3 is 9.84 Å². The van der Waals surface area contributed by atoms with Crippen LogP contribution in [0.25, 0.3) is 10.9 Å². The zero-order valence-corrected chi connectivity index (χ0v) is 19.4. The second-order valence-electron chi connectivity index (χ2n) is 8.37. The third-order valence-electron chi connectivity index (χ3n) is 5.60. The second-order valence-corrected chi connectivity index (χ2v) is 10.3. The number of aromatic nitrogens is 2. The maximum atomic E-state index is 14.0. The molecule has 2 heterocycles. The molecule has 0 bridgehead atoms. The minimum Gasteiger partial charge on any atom is -0.491 e. The normalized spacial score (nSPS) is 18.9. The quantitative estimate of drug-likeness (QED) is 0.544. The number of nitrogens with zero attached hydrogens (tertiary/aromatic N) is 4. The van der Waals surface area contributed by atoms with Crippen molar-refractivity contribution in [1.29, 1.82) is 5.26 Å². The van der Waals surface area contributed by atoms with Crippen molar-refractivity contribution < 1.29 is 27.4 Å². The van der Waals surface area contributed by atoms with E-state index in [9.17, 15) is 28.0 Å². The van der Waals surface area contributed by atoms with Crippen molar-refractivity contribution in [3.8, 4) is 11.8 Å². The van der Waals surface area contributed by atoms with Crippen LogP contribution in [0.3, 0.4) is 0 Å². The van der Waals surface area contributed by atoms with Crippen molar-refractivity contribution in [2.24, 2.45) is 0 Å². The zero-order chi connectivity index (χ0) is 24.6. The third-order valence-corrected chi connectivity index (χ3v) is 7.48. The molecule has 3 aromatic rings. The molecule has 1 fully saturated rings. The lowest BCUT2D eigenvalue weighted by atomic mass is 10.1. The monoisotopic (exact) mass is 486 g/mol. The minimum atomic E-state index is -4.01. The van der Waals surface area contributed by atoms with Crippen LogP contribution in [0.15, 0.2) is 47.4 Å². The molecule has 1 N–H and O–H groups in total. The van der Waals surface area contributed by atoms with Crippen molar-refractivity contribution in [3.63, 3.8) is 0 Å². The van der Waals surface area contributed by atoms with Crippen LogP contribution in [0.4, 0.5) is 4.39 Å². The van der Waals surface area contributed by atoms with E-state index in [2.05, 4.69) is 5.10 Å². The van der Waals surface area contributed by atoms with Crippen LogP contribution in [0.1, 0.15) is 32.0 Å². The number of aliphatic carboxylic acids is 1. The molecule has 0 amide bonds. The lowest BCUT2D eigenvalue weighted by Gasteiger charge is -2.20. The summed E-state index contributed by atoms with van der Waals surface area (Å²) in [5, 5.41) is 23.8. The van der Waals surface area contributed by atoms with Crippen molar-refractivity contribution in [2.75, 3.05) is 6.54 Å². The van der Waals surface area contributed by atoms with Gasteiger partial charge in [-0.05, 0) is 56.3 Å². The second kappa shape index (κ2) is 9.04. The Balaban J connectivity index is 1.68. The van der Waals surface area contributed by atoms with Crippen LogP contribution in [0.2, 0.25) is 0 Å². The molecular formula is C23H23FN4O5S. The highest BCUT2D eigenvalue weighted by Crippen LogP contribution is 2.35. The fraction of sp³-hybridized carbons (Fsp3) is 0.348. The van der Waals surface area contributed by atoms with Gasteiger partial charge in [-0.3, -0.25) is 9.48 Å². The molecule has 1 aliphatic heterocycles. The minimum absolute atomic E-state index is 0.0208. The number of ether oxygens (including phenoxy) is 1. The lowest BCUT2D eigenvalue weighted by Crippen LogP contribution is -2.35.